The number of hydrogen-bond acceptors (Lipinski definition) is 3. The van der Waals surface area contributed by atoms with Crippen LogP contribution in [0.2, 0.25) is 0 Å². The molecule has 0 atom stereocenters. The maximum atomic E-state index is 13.3. The van der Waals surface area contributed by atoms with Crippen molar-refractivity contribution < 1.29 is 23.5 Å². The lowest BCUT2D eigenvalue weighted by Crippen LogP contribution is -2.17. The third-order valence-corrected chi connectivity index (χ3v) is 4.61. The summed E-state index contributed by atoms with van der Waals surface area (Å²) in [7, 11) is 0. The second-order valence-electron chi connectivity index (χ2n) is 5.24. The number of thioether (sulfide) groups is 1. The van der Waals surface area contributed by atoms with Crippen molar-refractivity contribution in [3.63, 3.8) is 0 Å². The molecule has 0 aromatic heterocycles. The van der Waals surface area contributed by atoms with Crippen LogP contribution in [0.4, 0.5) is 14.5 Å². The molecule has 0 unspecified atom stereocenters. The predicted molar refractivity (Wildman–Crippen MR) is 76.2 cm³/mol. The van der Waals surface area contributed by atoms with Gasteiger partial charge in [0.2, 0.25) is 5.91 Å². The quantitative estimate of drug-likeness (QED) is 0.812. The van der Waals surface area contributed by atoms with Crippen LogP contribution in [-0.2, 0) is 9.59 Å². The molecule has 1 aromatic carbocycles. The Kier molecular flexibility index (Phi) is 4.82. The van der Waals surface area contributed by atoms with Gasteiger partial charge in [-0.25, -0.2) is 8.78 Å². The number of halogens is 2. The molecular formula is C14H15F2NO3S. The Morgan fingerprint density at radius 2 is 2.05 bits per heavy atom. The smallest absolute Gasteiger partial charge is 0.303 e. The molecule has 1 saturated carbocycles. The molecule has 0 spiro atoms. The SMILES string of the molecule is O=C(O)CC1(CSCC(=O)Nc2cc(F)ccc2F)CC1. The molecule has 1 aromatic rings. The summed E-state index contributed by atoms with van der Waals surface area (Å²) in [5.74, 6) is -1.93. The second kappa shape index (κ2) is 6.43. The van der Waals surface area contributed by atoms with Gasteiger partial charge in [0.1, 0.15) is 11.6 Å². The Morgan fingerprint density at radius 3 is 2.67 bits per heavy atom. The zero-order valence-electron chi connectivity index (χ0n) is 11.2. The van der Waals surface area contributed by atoms with Gasteiger partial charge in [-0.05, 0) is 36.1 Å². The minimum atomic E-state index is -0.834. The molecule has 1 fully saturated rings. The molecule has 0 saturated heterocycles. The number of benzene rings is 1. The van der Waals surface area contributed by atoms with E-state index in [9.17, 15) is 18.4 Å². The van der Waals surface area contributed by atoms with Crippen LogP contribution in [0.3, 0.4) is 0 Å². The Bertz CT molecular complexity index is 561. The molecule has 7 heteroatoms. The summed E-state index contributed by atoms with van der Waals surface area (Å²) in [6.07, 6.45) is 1.82. The van der Waals surface area contributed by atoms with Crippen LogP contribution in [0.5, 0.6) is 0 Å². The van der Waals surface area contributed by atoms with Gasteiger partial charge in [0, 0.05) is 6.07 Å². The van der Waals surface area contributed by atoms with Crippen molar-refractivity contribution in [3.8, 4) is 0 Å². The molecule has 0 heterocycles. The maximum absolute atomic E-state index is 13.3. The number of carbonyl (C=O) groups is 2. The van der Waals surface area contributed by atoms with Gasteiger partial charge < -0.3 is 10.4 Å². The fourth-order valence-electron chi connectivity index (χ4n) is 2.01. The molecular weight excluding hydrogens is 300 g/mol. The van der Waals surface area contributed by atoms with Crippen molar-refractivity contribution in [2.75, 3.05) is 16.8 Å². The summed E-state index contributed by atoms with van der Waals surface area (Å²) in [6, 6.07) is 2.84. The molecule has 1 aliphatic rings. The minimum Gasteiger partial charge on any atom is -0.481 e. The predicted octanol–water partition coefficient (Wildman–Crippen LogP) is 2.89. The summed E-state index contributed by atoms with van der Waals surface area (Å²) in [4.78, 5) is 22.4. The molecule has 0 radical (unpaired) electrons. The van der Waals surface area contributed by atoms with E-state index in [0.717, 1.165) is 31.0 Å². The minimum absolute atomic E-state index is 0.0807. The van der Waals surface area contributed by atoms with Gasteiger partial charge in [-0.15, -0.1) is 0 Å². The first kappa shape index (κ1) is 15.8. The number of hydrogen-bond donors (Lipinski definition) is 2. The van der Waals surface area contributed by atoms with Gasteiger partial charge in [0.15, 0.2) is 0 Å². The van der Waals surface area contributed by atoms with Crippen LogP contribution >= 0.6 is 11.8 Å². The zero-order valence-corrected chi connectivity index (χ0v) is 12.0. The summed E-state index contributed by atoms with van der Waals surface area (Å²) < 4.78 is 26.3. The van der Waals surface area contributed by atoms with E-state index >= 15 is 0 Å². The van der Waals surface area contributed by atoms with E-state index in [4.69, 9.17) is 5.11 Å². The topological polar surface area (TPSA) is 66.4 Å². The summed E-state index contributed by atoms with van der Waals surface area (Å²) >= 11 is 1.31. The normalized spacial score (nSPS) is 15.5. The van der Waals surface area contributed by atoms with Crippen LogP contribution in [-0.4, -0.2) is 28.5 Å². The van der Waals surface area contributed by atoms with Crippen LogP contribution < -0.4 is 5.32 Å². The third-order valence-electron chi connectivity index (χ3n) is 3.33. The van der Waals surface area contributed by atoms with Crippen molar-refractivity contribution >= 4 is 29.3 Å². The lowest BCUT2D eigenvalue weighted by Gasteiger charge is -2.11. The highest BCUT2D eigenvalue weighted by molar-refractivity contribution is 8.00. The molecule has 2 N–H and O–H groups in total. The number of carboxylic acids is 1. The number of rotatable bonds is 7. The van der Waals surface area contributed by atoms with Gasteiger partial charge in [-0.3, -0.25) is 9.59 Å². The van der Waals surface area contributed by atoms with Crippen LogP contribution in [0.15, 0.2) is 18.2 Å². The monoisotopic (exact) mass is 315 g/mol. The van der Waals surface area contributed by atoms with Crippen LogP contribution in [0.1, 0.15) is 19.3 Å². The lowest BCUT2D eigenvalue weighted by atomic mass is 10.1. The van der Waals surface area contributed by atoms with Gasteiger partial charge in [-0.1, -0.05) is 0 Å². The van der Waals surface area contributed by atoms with E-state index < -0.39 is 23.5 Å². The first-order valence-corrected chi connectivity index (χ1v) is 7.60. The molecule has 1 amide bonds. The third kappa shape index (κ3) is 4.70. The molecule has 4 nitrogen and oxygen atoms in total. The Hall–Kier alpha value is -1.63. The van der Waals surface area contributed by atoms with E-state index in [2.05, 4.69) is 5.32 Å². The largest absolute Gasteiger partial charge is 0.481 e. The zero-order chi connectivity index (χ0) is 15.5. The standard InChI is InChI=1S/C14H15F2NO3S/c15-9-1-2-10(16)11(5-9)17-12(18)7-21-8-14(3-4-14)6-13(19)20/h1-2,5H,3-4,6-8H2,(H,17,18)(H,19,20). The van der Waals surface area contributed by atoms with Gasteiger partial charge in [0.25, 0.3) is 0 Å². The van der Waals surface area contributed by atoms with Gasteiger partial charge >= 0.3 is 5.97 Å². The second-order valence-corrected chi connectivity index (χ2v) is 6.22. The highest BCUT2D eigenvalue weighted by atomic mass is 32.2. The van der Waals surface area contributed by atoms with E-state index in [-0.39, 0.29) is 23.3 Å². The summed E-state index contributed by atoms with van der Waals surface area (Å²) in [6.45, 7) is 0. The molecule has 2 rings (SSSR count). The molecule has 0 bridgehead atoms. The highest BCUT2D eigenvalue weighted by Crippen LogP contribution is 2.50. The van der Waals surface area contributed by atoms with E-state index in [1.807, 2.05) is 0 Å². The van der Waals surface area contributed by atoms with E-state index in [1.165, 1.54) is 11.8 Å². The fraction of sp³-hybridized carbons (Fsp3) is 0.429. The summed E-state index contributed by atoms with van der Waals surface area (Å²) in [5.41, 5.74) is -0.381. The number of aliphatic carboxylic acids is 1. The molecule has 21 heavy (non-hydrogen) atoms. The van der Waals surface area contributed by atoms with Gasteiger partial charge in [0.05, 0.1) is 17.9 Å². The molecule has 0 aliphatic heterocycles. The fourth-order valence-corrected chi connectivity index (χ4v) is 3.19. The Morgan fingerprint density at radius 1 is 1.33 bits per heavy atom. The van der Waals surface area contributed by atoms with Gasteiger partial charge in [-0.2, -0.15) is 11.8 Å². The Balaban J connectivity index is 1.78. The van der Waals surface area contributed by atoms with Crippen molar-refractivity contribution in [1.82, 2.24) is 0 Å². The maximum Gasteiger partial charge on any atom is 0.303 e. The molecule has 114 valence electrons. The number of carboxylic acid groups (broad SMARTS) is 1. The number of anilines is 1. The van der Waals surface area contributed by atoms with Crippen molar-refractivity contribution in [2.45, 2.75) is 19.3 Å². The van der Waals surface area contributed by atoms with Crippen molar-refractivity contribution in [2.24, 2.45) is 5.41 Å². The van der Waals surface area contributed by atoms with Crippen LogP contribution in [0.25, 0.3) is 0 Å². The van der Waals surface area contributed by atoms with Crippen molar-refractivity contribution in [3.05, 3.63) is 29.8 Å². The highest BCUT2D eigenvalue weighted by Gasteiger charge is 2.44. The number of nitrogens with one attached hydrogen (secondary N) is 1. The van der Waals surface area contributed by atoms with Crippen LogP contribution in [0, 0.1) is 17.0 Å². The first-order chi connectivity index (χ1) is 9.90. The van der Waals surface area contributed by atoms with E-state index in [1.54, 1.807) is 0 Å². The Labute approximate surface area is 124 Å². The number of amides is 1. The summed E-state index contributed by atoms with van der Waals surface area (Å²) in [5, 5.41) is 11.1. The average molecular weight is 315 g/mol. The lowest BCUT2D eigenvalue weighted by molar-refractivity contribution is -0.138. The van der Waals surface area contributed by atoms with E-state index in [0.29, 0.717) is 5.75 Å². The first-order valence-electron chi connectivity index (χ1n) is 6.45. The average Bonchev–Trinajstić information content (AvgIpc) is 3.12. The van der Waals surface area contributed by atoms with Crippen molar-refractivity contribution in [1.29, 1.82) is 0 Å². The molecule has 1 aliphatic carbocycles. The number of carbonyl (C=O) groups excluding carboxylic acids is 1.